The molecular formula is C16H26N2O. The summed E-state index contributed by atoms with van der Waals surface area (Å²) >= 11 is 0. The van der Waals surface area contributed by atoms with E-state index in [2.05, 4.69) is 55.3 Å². The highest BCUT2D eigenvalue weighted by Crippen LogP contribution is 2.27. The van der Waals surface area contributed by atoms with Crippen LogP contribution in [0.5, 0.6) is 0 Å². The maximum atomic E-state index is 9.82. The molecule has 1 aliphatic heterocycles. The van der Waals surface area contributed by atoms with Crippen LogP contribution in [0.15, 0.2) is 24.3 Å². The topological polar surface area (TPSA) is 35.5 Å². The minimum Gasteiger partial charge on any atom is -0.394 e. The molecule has 2 N–H and O–H groups in total. The summed E-state index contributed by atoms with van der Waals surface area (Å²) in [6, 6.07) is 8.98. The summed E-state index contributed by atoms with van der Waals surface area (Å²) in [5.74, 6) is 0. The van der Waals surface area contributed by atoms with E-state index in [1.54, 1.807) is 0 Å². The monoisotopic (exact) mass is 262 g/mol. The zero-order valence-electron chi connectivity index (χ0n) is 12.3. The summed E-state index contributed by atoms with van der Waals surface area (Å²) in [6.07, 6.45) is 1.99. The first-order valence-electron chi connectivity index (χ1n) is 7.24. The van der Waals surface area contributed by atoms with E-state index in [-0.39, 0.29) is 12.1 Å². The first-order chi connectivity index (χ1) is 9.04. The molecule has 0 aromatic heterocycles. The molecule has 106 valence electrons. The summed E-state index contributed by atoms with van der Waals surface area (Å²) in [4.78, 5) is 2.48. The SMILES string of the molecule is Cc1cccc(NC2(CO)CCN(C(C)C)CC2)c1. The fraction of sp³-hybridized carbons (Fsp3) is 0.625. The van der Waals surface area contributed by atoms with Gasteiger partial charge in [0.2, 0.25) is 0 Å². The predicted molar refractivity (Wildman–Crippen MR) is 80.6 cm³/mol. The van der Waals surface area contributed by atoms with Crippen molar-refractivity contribution in [2.45, 2.75) is 45.2 Å². The highest BCUT2D eigenvalue weighted by Gasteiger charge is 2.34. The zero-order valence-corrected chi connectivity index (χ0v) is 12.3. The largest absolute Gasteiger partial charge is 0.394 e. The van der Waals surface area contributed by atoms with Gasteiger partial charge in [0.25, 0.3) is 0 Å². The van der Waals surface area contributed by atoms with Gasteiger partial charge in [-0.25, -0.2) is 0 Å². The molecule has 0 unspecified atom stereocenters. The van der Waals surface area contributed by atoms with Crippen molar-refractivity contribution in [3.05, 3.63) is 29.8 Å². The number of rotatable bonds is 4. The van der Waals surface area contributed by atoms with Crippen molar-refractivity contribution in [1.82, 2.24) is 4.90 Å². The van der Waals surface area contributed by atoms with Crippen LogP contribution >= 0.6 is 0 Å². The molecule has 0 bridgehead atoms. The van der Waals surface area contributed by atoms with Gasteiger partial charge in [0, 0.05) is 24.8 Å². The number of aliphatic hydroxyl groups excluding tert-OH is 1. The Morgan fingerprint density at radius 2 is 2.00 bits per heavy atom. The molecule has 0 spiro atoms. The van der Waals surface area contributed by atoms with Crippen LogP contribution in [0.1, 0.15) is 32.3 Å². The second kappa shape index (κ2) is 5.93. The van der Waals surface area contributed by atoms with Crippen molar-refractivity contribution in [2.75, 3.05) is 25.0 Å². The number of hydrogen-bond acceptors (Lipinski definition) is 3. The second-order valence-corrected chi connectivity index (χ2v) is 6.06. The number of nitrogens with one attached hydrogen (secondary N) is 1. The molecule has 1 fully saturated rings. The molecule has 19 heavy (non-hydrogen) atoms. The van der Waals surface area contributed by atoms with Crippen molar-refractivity contribution in [1.29, 1.82) is 0 Å². The highest BCUT2D eigenvalue weighted by molar-refractivity contribution is 5.48. The number of likely N-dealkylation sites (tertiary alicyclic amines) is 1. The number of hydrogen-bond donors (Lipinski definition) is 2. The molecule has 3 heteroatoms. The van der Waals surface area contributed by atoms with E-state index < -0.39 is 0 Å². The lowest BCUT2D eigenvalue weighted by atomic mass is 9.87. The minimum absolute atomic E-state index is 0.154. The van der Waals surface area contributed by atoms with E-state index in [1.165, 1.54) is 5.56 Å². The van der Waals surface area contributed by atoms with Crippen molar-refractivity contribution < 1.29 is 5.11 Å². The zero-order chi connectivity index (χ0) is 13.9. The van der Waals surface area contributed by atoms with Crippen molar-refractivity contribution in [3.8, 4) is 0 Å². The van der Waals surface area contributed by atoms with Crippen molar-refractivity contribution in [2.24, 2.45) is 0 Å². The van der Waals surface area contributed by atoms with Gasteiger partial charge in [0.15, 0.2) is 0 Å². The molecule has 1 heterocycles. The van der Waals surface area contributed by atoms with Gasteiger partial charge in [0.05, 0.1) is 12.1 Å². The lowest BCUT2D eigenvalue weighted by Crippen LogP contribution is -2.53. The fourth-order valence-corrected chi connectivity index (χ4v) is 2.82. The molecule has 1 aromatic carbocycles. The third-order valence-electron chi connectivity index (χ3n) is 4.22. The van der Waals surface area contributed by atoms with E-state index in [0.717, 1.165) is 31.6 Å². The van der Waals surface area contributed by atoms with Crippen LogP contribution in [0.25, 0.3) is 0 Å². The van der Waals surface area contributed by atoms with Crippen LogP contribution in [0, 0.1) is 6.92 Å². The first kappa shape index (κ1) is 14.4. The molecular weight excluding hydrogens is 236 g/mol. The molecule has 0 amide bonds. The lowest BCUT2D eigenvalue weighted by Gasteiger charge is -2.43. The number of anilines is 1. The van der Waals surface area contributed by atoms with Crippen LogP contribution in [0.3, 0.4) is 0 Å². The van der Waals surface area contributed by atoms with E-state index in [9.17, 15) is 5.11 Å². The van der Waals surface area contributed by atoms with Crippen LogP contribution < -0.4 is 5.32 Å². The maximum absolute atomic E-state index is 9.82. The summed E-state index contributed by atoms with van der Waals surface area (Å²) in [7, 11) is 0. The maximum Gasteiger partial charge on any atom is 0.0662 e. The number of aryl methyl sites for hydroxylation is 1. The van der Waals surface area contributed by atoms with Crippen LogP contribution in [0.2, 0.25) is 0 Å². The number of aliphatic hydroxyl groups is 1. The van der Waals surface area contributed by atoms with Gasteiger partial charge in [-0.15, -0.1) is 0 Å². The molecule has 3 nitrogen and oxygen atoms in total. The summed E-state index contributed by atoms with van der Waals surface area (Å²) in [6.45, 7) is 8.87. The molecule has 0 aliphatic carbocycles. The van der Waals surface area contributed by atoms with Crippen molar-refractivity contribution >= 4 is 5.69 Å². The molecule has 1 aliphatic rings. The first-order valence-corrected chi connectivity index (χ1v) is 7.24. The number of benzene rings is 1. The molecule has 1 aromatic rings. The lowest BCUT2D eigenvalue weighted by molar-refractivity contribution is 0.101. The summed E-state index contributed by atoms with van der Waals surface area (Å²) < 4.78 is 0. The summed E-state index contributed by atoms with van der Waals surface area (Å²) in [5, 5.41) is 13.4. The van der Waals surface area contributed by atoms with E-state index in [1.807, 2.05) is 0 Å². The standard InChI is InChI=1S/C16H26N2O/c1-13(2)18-9-7-16(12-19,8-10-18)17-15-6-4-5-14(3)11-15/h4-6,11,13,17,19H,7-10,12H2,1-3H3. The van der Waals surface area contributed by atoms with E-state index in [0.29, 0.717) is 6.04 Å². The van der Waals surface area contributed by atoms with Gasteiger partial charge in [-0.2, -0.15) is 0 Å². The average molecular weight is 262 g/mol. The molecule has 0 radical (unpaired) electrons. The normalized spacial score (nSPS) is 19.6. The Balaban J connectivity index is 2.04. The van der Waals surface area contributed by atoms with Gasteiger partial charge in [-0.3, -0.25) is 0 Å². The molecule has 2 rings (SSSR count). The Hall–Kier alpha value is -1.06. The Bertz CT molecular complexity index is 409. The van der Waals surface area contributed by atoms with E-state index in [4.69, 9.17) is 0 Å². The second-order valence-electron chi connectivity index (χ2n) is 6.06. The van der Waals surface area contributed by atoms with Gasteiger partial charge in [0.1, 0.15) is 0 Å². The quantitative estimate of drug-likeness (QED) is 0.875. The van der Waals surface area contributed by atoms with Gasteiger partial charge in [-0.05, 0) is 51.3 Å². The van der Waals surface area contributed by atoms with E-state index >= 15 is 0 Å². The van der Waals surface area contributed by atoms with Gasteiger partial charge < -0.3 is 15.3 Å². The Morgan fingerprint density at radius 3 is 2.53 bits per heavy atom. The van der Waals surface area contributed by atoms with Crippen LogP contribution in [0.4, 0.5) is 5.69 Å². The third kappa shape index (κ3) is 3.48. The Morgan fingerprint density at radius 1 is 1.32 bits per heavy atom. The van der Waals surface area contributed by atoms with Crippen molar-refractivity contribution in [3.63, 3.8) is 0 Å². The molecule has 0 atom stereocenters. The number of nitrogens with zero attached hydrogens (tertiary/aromatic N) is 1. The Labute approximate surface area is 116 Å². The number of piperidine rings is 1. The smallest absolute Gasteiger partial charge is 0.0662 e. The molecule has 1 saturated heterocycles. The highest BCUT2D eigenvalue weighted by atomic mass is 16.3. The average Bonchev–Trinajstić information content (AvgIpc) is 2.39. The van der Waals surface area contributed by atoms with Crippen LogP contribution in [-0.4, -0.2) is 41.3 Å². The van der Waals surface area contributed by atoms with Gasteiger partial charge >= 0.3 is 0 Å². The predicted octanol–water partition coefficient (Wildman–Crippen LogP) is 2.64. The fourth-order valence-electron chi connectivity index (χ4n) is 2.82. The Kier molecular flexibility index (Phi) is 4.48. The molecule has 0 saturated carbocycles. The van der Waals surface area contributed by atoms with Crippen LogP contribution in [-0.2, 0) is 0 Å². The van der Waals surface area contributed by atoms with Gasteiger partial charge in [-0.1, -0.05) is 12.1 Å². The minimum atomic E-state index is -0.154. The third-order valence-corrected chi connectivity index (χ3v) is 4.22. The summed E-state index contributed by atoms with van der Waals surface area (Å²) in [5.41, 5.74) is 2.21.